The predicted octanol–water partition coefficient (Wildman–Crippen LogP) is 0.988. The lowest BCUT2D eigenvalue weighted by Crippen LogP contribution is -2.42. The van der Waals surface area contributed by atoms with Gasteiger partial charge >= 0.3 is 0 Å². The van der Waals surface area contributed by atoms with Gasteiger partial charge < -0.3 is 15.5 Å². The number of fused-ring (bicyclic) bond motifs is 1. The number of rotatable bonds is 4. The molecule has 22 heavy (non-hydrogen) atoms. The third-order valence-corrected chi connectivity index (χ3v) is 3.31. The number of hydrogen-bond donors (Lipinski definition) is 2. The Hall–Kier alpha value is -2.63. The molecule has 2 rings (SSSR count). The predicted molar refractivity (Wildman–Crippen MR) is 88.6 cm³/mol. The molecule has 0 bridgehead atoms. The summed E-state index contributed by atoms with van der Waals surface area (Å²) in [6, 6.07) is 10.1. The Bertz CT molecular complexity index is 676. The van der Waals surface area contributed by atoms with Crippen LogP contribution in [0.3, 0.4) is 0 Å². The fourth-order valence-corrected chi connectivity index (χ4v) is 2.03. The Morgan fingerprint density at radius 2 is 2.00 bits per heavy atom. The number of aliphatic imine (C=N–C) groups is 1. The molecular formula is C16H21N5O. The minimum Gasteiger partial charge on any atom is -0.351 e. The highest BCUT2D eigenvalue weighted by atomic mass is 16.2. The standard InChI is InChI=1S/C16H21N5O/c1-17-16(20-11-15(22)21(2)3)19-10-14-13-7-5-4-6-12(13)8-9-18-14/h4-9H,10-11H2,1-3H3,(H2,17,19,20). The molecule has 0 fully saturated rings. The molecule has 1 aromatic heterocycles. The first kappa shape index (κ1) is 15.8. The lowest BCUT2D eigenvalue weighted by molar-refractivity contribution is -0.127. The molecule has 0 aliphatic heterocycles. The van der Waals surface area contributed by atoms with Crippen LogP contribution in [-0.2, 0) is 11.3 Å². The number of aromatic nitrogens is 1. The number of nitrogens with zero attached hydrogens (tertiary/aromatic N) is 3. The van der Waals surface area contributed by atoms with Gasteiger partial charge in [0, 0.05) is 32.7 Å². The number of guanidine groups is 1. The van der Waals surface area contributed by atoms with E-state index in [-0.39, 0.29) is 12.5 Å². The highest BCUT2D eigenvalue weighted by molar-refractivity contribution is 5.87. The lowest BCUT2D eigenvalue weighted by atomic mass is 10.1. The van der Waals surface area contributed by atoms with Crippen molar-refractivity contribution in [2.45, 2.75) is 6.54 Å². The fourth-order valence-electron chi connectivity index (χ4n) is 2.03. The van der Waals surface area contributed by atoms with Crippen molar-refractivity contribution < 1.29 is 4.79 Å². The second-order valence-electron chi connectivity index (χ2n) is 5.05. The molecule has 2 aromatic rings. The second-order valence-corrected chi connectivity index (χ2v) is 5.05. The summed E-state index contributed by atoms with van der Waals surface area (Å²) in [5, 5.41) is 8.43. The highest BCUT2D eigenvalue weighted by Crippen LogP contribution is 2.15. The van der Waals surface area contributed by atoms with E-state index < -0.39 is 0 Å². The molecule has 0 radical (unpaired) electrons. The zero-order chi connectivity index (χ0) is 15.9. The van der Waals surface area contributed by atoms with Crippen molar-refractivity contribution in [3.8, 4) is 0 Å². The first-order valence-electron chi connectivity index (χ1n) is 7.09. The van der Waals surface area contributed by atoms with Gasteiger partial charge in [-0.25, -0.2) is 0 Å². The van der Waals surface area contributed by atoms with E-state index >= 15 is 0 Å². The summed E-state index contributed by atoms with van der Waals surface area (Å²) in [4.78, 5) is 21.6. The zero-order valence-electron chi connectivity index (χ0n) is 13.1. The number of benzene rings is 1. The average molecular weight is 299 g/mol. The molecule has 0 aliphatic carbocycles. The van der Waals surface area contributed by atoms with Crippen molar-refractivity contribution >= 4 is 22.6 Å². The smallest absolute Gasteiger partial charge is 0.241 e. The van der Waals surface area contributed by atoms with Crippen LogP contribution in [0.1, 0.15) is 5.69 Å². The van der Waals surface area contributed by atoms with E-state index in [4.69, 9.17) is 0 Å². The average Bonchev–Trinajstić information content (AvgIpc) is 2.54. The van der Waals surface area contributed by atoms with Crippen LogP contribution in [0.25, 0.3) is 10.8 Å². The van der Waals surface area contributed by atoms with E-state index in [1.54, 1.807) is 27.3 Å². The summed E-state index contributed by atoms with van der Waals surface area (Å²) < 4.78 is 0. The van der Waals surface area contributed by atoms with Crippen LogP contribution < -0.4 is 10.6 Å². The molecule has 116 valence electrons. The van der Waals surface area contributed by atoms with Crippen LogP contribution in [0.5, 0.6) is 0 Å². The number of amides is 1. The quantitative estimate of drug-likeness (QED) is 0.652. The molecule has 1 heterocycles. The molecule has 0 atom stereocenters. The summed E-state index contributed by atoms with van der Waals surface area (Å²) in [6.45, 7) is 0.743. The van der Waals surface area contributed by atoms with E-state index in [2.05, 4.69) is 26.7 Å². The Morgan fingerprint density at radius 1 is 1.23 bits per heavy atom. The Morgan fingerprint density at radius 3 is 2.73 bits per heavy atom. The maximum Gasteiger partial charge on any atom is 0.241 e. The molecule has 0 aliphatic rings. The Labute approximate surface area is 130 Å². The van der Waals surface area contributed by atoms with Gasteiger partial charge in [-0.05, 0) is 11.5 Å². The van der Waals surface area contributed by atoms with Crippen LogP contribution in [0.4, 0.5) is 0 Å². The van der Waals surface area contributed by atoms with Crippen LogP contribution in [0, 0.1) is 0 Å². The summed E-state index contributed by atoms with van der Waals surface area (Å²) in [5.74, 6) is 0.566. The van der Waals surface area contributed by atoms with Gasteiger partial charge in [-0.2, -0.15) is 0 Å². The largest absolute Gasteiger partial charge is 0.351 e. The molecule has 1 amide bonds. The summed E-state index contributed by atoms with van der Waals surface area (Å²) in [6.07, 6.45) is 1.80. The van der Waals surface area contributed by atoms with E-state index in [9.17, 15) is 4.79 Å². The van der Waals surface area contributed by atoms with Crippen LogP contribution in [0.2, 0.25) is 0 Å². The molecular weight excluding hydrogens is 278 g/mol. The van der Waals surface area contributed by atoms with E-state index in [1.165, 1.54) is 4.90 Å². The normalized spacial score (nSPS) is 11.3. The highest BCUT2D eigenvalue weighted by Gasteiger charge is 2.06. The van der Waals surface area contributed by atoms with Gasteiger partial charge in [-0.3, -0.25) is 14.8 Å². The number of carbonyl (C=O) groups is 1. The Kier molecular flexibility index (Phi) is 5.30. The molecule has 2 N–H and O–H groups in total. The Balaban J connectivity index is 1.99. The fraction of sp³-hybridized carbons (Fsp3) is 0.312. The van der Waals surface area contributed by atoms with Gasteiger partial charge in [-0.15, -0.1) is 0 Å². The molecule has 0 saturated carbocycles. The lowest BCUT2D eigenvalue weighted by Gasteiger charge is -2.14. The SMILES string of the molecule is CN=C(NCC(=O)N(C)C)NCc1nccc2ccccc12. The van der Waals surface area contributed by atoms with Gasteiger partial charge in [0.15, 0.2) is 5.96 Å². The third kappa shape index (κ3) is 3.94. The van der Waals surface area contributed by atoms with Gasteiger partial charge in [0.1, 0.15) is 0 Å². The number of pyridine rings is 1. The van der Waals surface area contributed by atoms with Crippen molar-refractivity contribution in [2.75, 3.05) is 27.7 Å². The van der Waals surface area contributed by atoms with Crippen molar-refractivity contribution in [3.05, 3.63) is 42.2 Å². The van der Waals surface area contributed by atoms with E-state index in [0.29, 0.717) is 12.5 Å². The van der Waals surface area contributed by atoms with Crippen molar-refractivity contribution in [1.82, 2.24) is 20.5 Å². The monoisotopic (exact) mass is 299 g/mol. The van der Waals surface area contributed by atoms with Gasteiger partial charge in [0.2, 0.25) is 5.91 Å². The van der Waals surface area contributed by atoms with E-state index in [0.717, 1.165) is 16.5 Å². The van der Waals surface area contributed by atoms with E-state index in [1.807, 2.05) is 24.3 Å². The van der Waals surface area contributed by atoms with Crippen molar-refractivity contribution in [1.29, 1.82) is 0 Å². The molecule has 0 unspecified atom stereocenters. The first-order valence-corrected chi connectivity index (χ1v) is 7.09. The zero-order valence-corrected chi connectivity index (χ0v) is 13.1. The van der Waals surface area contributed by atoms with Gasteiger partial charge in [0.25, 0.3) is 0 Å². The molecule has 6 nitrogen and oxygen atoms in total. The summed E-state index contributed by atoms with van der Waals surface area (Å²) in [5.41, 5.74) is 0.944. The van der Waals surface area contributed by atoms with Crippen LogP contribution in [-0.4, -0.2) is 49.4 Å². The summed E-state index contributed by atoms with van der Waals surface area (Å²) in [7, 11) is 5.12. The number of hydrogen-bond acceptors (Lipinski definition) is 3. The number of carbonyl (C=O) groups excluding carboxylic acids is 1. The first-order chi connectivity index (χ1) is 10.6. The maximum absolute atomic E-state index is 11.6. The third-order valence-electron chi connectivity index (χ3n) is 3.31. The maximum atomic E-state index is 11.6. The van der Waals surface area contributed by atoms with Crippen molar-refractivity contribution in [2.24, 2.45) is 4.99 Å². The minimum atomic E-state index is -0.00811. The van der Waals surface area contributed by atoms with Gasteiger partial charge in [0.05, 0.1) is 18.8 Å². The topological polar surface area (TPSA) is 69.6 Å². The van der Waals surface area contributed by atoms with Crippen LogP contribution >= 0.6 is 0 Å². The second kappa shape index (κ2) is 7.40. The minimum absolute atomic E-state index is 0.00811. The number of nitrogens with one attached hydrogen (secondary N) is 2. The molecule has 0 spiro atoms. The number of likely N-dealkylation sites (N-methyl/N-ethyl adjacent to an activating group) is 1. The molecule has 6 heteroatoms. The molecule has 1 aromatic carbocycles. The van der Waals surface area contributed by atoms with Crippen LogP contribution in [0.15, 0.2) is 41.5 Å². The summed E-state index contributed by atoms with van der Waals surface area (Å²) >= 11 is 0. The van der Waals surface area contributed by atoms with Gasteiger partial charge in [-0.1, -0.05) is 24.3 Å². The van der Waals surface area contributed by atoms with Crippen molar-refractivity contribution in [3.63, 3.8) is 0 Å². The molecule has 0 saturated heterocycles.